The summed E-state index contributed by atoms with van der Waals surface area (Å²) in [6.07, 6.45) is -19.2. The zero-order chi connectivity index (χ0) is 88.1. The van der Waals surface area contributed by atoms with Crippen molar-refractivity contribution >= 4 is 79.6 Å². The highest BCUT2D eigenvalue weighted by atomic mass is 32.1. The summed E-state index contributed by atoms with van der Waals surface area (Å²) in [6.45, 7) is 7.92. The molecule has 0 amide bonds. The van der Waals surface area contributed by atoms with Crippen LogP contribution in [0.15, 0.2) is 291 Å². The Morgan fingerprint density at radius 2 is 0.328 bits per heavy atom. The molecule has 12 nitrogen and oxygen atoms in total. The number of rotatable bonds is 40. The smallest absolute Gasteiger partial charge is 0.392 e. The second-order valence-electron chi connectivity index (χ2n) is 29.2. The first-order valence-electron chi connectivity index (χ1n) is 41.2. The van der Waals surface area contributed by atoms with Crippen LogP contribution in [0.25, 0.3) is 43.1 Å². The van der Waals surface area contributed by atoms with Crippen molar-refractivity contribution in [1.29, 1.82) is 0 Å². The Kier molecular flexibility index (Phi) is 29.8. The first-order chi connectivity index (χ1) is 60.3. The van der Waals surface area contributed by atoms with Crippen LogP contribution in [0.5, 0.6) is 46.0 Å². The number of anilines is 12. The molecule has 1 aromatic heterocycles. The van der Waals surface area contributed by atoms with Crippen LogP contribution in [-0.4, -0.2) is 77.6 Å². The molecule has 1 heterocycles. The third kappa shape index (κ3) is 24.8. The van der Waals surface area contributed by atoms with Crippen LogP contribution in [0.4, 0.5) is 121 Å². The summed E-state index contributed by atoms with van der Waals surface area (Å²) in [5.74, 6) is 3.63. The molecule has 0 aliphatic heterocycles. The number of hydrogen-bond acceptors (Lipinski definition) is 13. The first kappa shape index (κ1) is 89.8. The topological polar surface area (TPSA) is 86.8 Å². The number of benzene rings is 12. The fourth-order valence-corrected chi connectivity index (χ4v) is 15.2. The largest absolute Gasteiger partial charge is 0.494 e. The van der Waals surface area contributed by atoms with Crippen molar-refractivity contribution in [3.05, 3.63) is 291 Å². The fraction of sp³-hybridized carbons (Fsp3) is 0.240. The summed E-state index contributed by atoms with van der Waals surface area (Å²) in [5, 5.41) is 0. The quantitative estimate of drug-likeness (QED) is 0.0343. The second-order valence-corrected chi connectivity index (χ2v) is 30.3. The van der Waals surface area contributed by atoms with Crippen molar-refractivity contribution in [2.75, 3.05) is 72.5 Å². The summed E-state index contributed by atoms with van der Waals surface area (Å²) in [6, 6.07) is 90.1. The zero-order valence-electron chi connectivity index (χ0n) is 69.0. The highest BCUT2D eigenvalue weighted by Gasteiger charge is 2.32. The third-order valence-electron chi connectivity index (χ3n) is 19.8. The lowest BCUT2D eigenvalue weighted by atomic mass is 9.91. The second kappa shape index (κ2) is 41.5. The minimum absolute atomic E-state index is 0.183. The molecule has 13 aromatic rings. The van der Waals surface area contributed by atoms with Crippen LogP contribution in [0, 0.1) is 0 Å². The molecule has 0 aliphatic carbocycles. The van der Waals surface area contributed by atoms with Crippen molar-refractivity contribution in [2.45, 2.75) is 104 Å². The van der Waals surface area contributed by atoms with E-state index in [4.69, 9.17) is 37.9 Å². The SMILES string of the molecule is CCCOc1ccc(N(c2ccc(OCCC)cc2)c2ccc(-c3sc(-c4ccc(N(c5ccc(OCCC(F)(F)F)cc5)c5ccc(OCCC(F)(F)F)cc5)cc4)c(-c4ccc(N(c5ccc(OCCC(F)(F)F)cc5)c5ccc(OCCC(F)(F)F)cc5)cc4)c3-c3ccc(N(c4ccc(OCCC)cc4)c4ccc(OCCC)cc4)cc3)cc2)cc1. The minimum atomic E-state index is -4.46. The van der Waals surface area contributed by atoms with E-state index in [9.17, 15) is 52.7 Å². The van der Waals surface area contributed by atoms with Gasteiger partial charge in [0.1, 0.15) is 46.0 Å². The van der Waals surface area contributed by atoms with Gasteiger partial charge in [0.05, 0.1) is 78.5 Å². The third-order valence-corrected chi connectivity index (χ3v) is 21.1. The molecule has 650 valence electrons. The van der Waals surface area contributed by atoms with Crippen molar-refractivity contribution < 1.29 is 90.6 Å². The number of alkyl halides is 12. The van der Waals surface area contributed by atoms with Gasteiger partial charge in [-0.15, -0.1) is 11.3 Å². The van der Waals surface area contributed by atoms with Crippen LogP contribution in [0.3, 0.4) is 0 Å². The van der Waals surface area contributed by atoms with Gasteiger partial charge in [-0.2, -0.15) is 52.7 Å². The van der Waals surface area contributed by atoms with Crippen LogP contribution in [-0.2, 0) is 0 Å². The standard InChI is InChI=1S/C100H92F12N4O8S/c1-5-61-117-85-41-25-77(26-42-85)113(78-27-43-86(44-28-78)118-62-6-2)73-17-9-69(10-18-73)93-94(70-11-19-74(20-12-70)114(81-33-49-89(50-34-81)121-65-57-97(101,102)103)82-35-51-90(52-36-82)122-66-58-98(104,105)106)96(125-95(93)71-13-21-75(22-14-71)115(79-29-45-87(46-30-79)119-63-7-3)80-31-47-88(48-32-80)120-64-8-4)72-15-23-76(24-16-72)116(83-37-53-91(54-38-83)123-67-59-99(107,108)109)84-39-55-92(56-40-84)124-68-60-100(110,111)112/h9-56H,5-8,57-68H2,1-4H3. The van der Waals surface area contributed by atoms with Crippen LogP contribution in [0.2, 0.25) is 0 Å². The van der Waals surface area contributed by atoms with E-state index < -0.39 is 76.8 Å². The Morgan fingerprint density at radius 3 is 0.472 bits per heavy atom. The predicted octanol–water partition coefficient (Wildman–Crippen LogP) is 30.8. The number of nitrogens with zero attached hydrogens (tertiary/aromatic N) is 4. The van der Waals surface area contributed by atoms with Crippen molar-refractivity contribution in [3.63, 3.8) is 0 Å². The molecule has 0 saturated heterocycles. The molecule has 0 spiro atoms. The molecule has 0 aliphatic rings. The highest BCUT2D eigenvalue weighted by Crippen LogP contribution is 2.55. The molecule has 0 fully saturated rings. The van der Waals surface area contributed by atoms with Gasteiger partial charge >= 0.3 is 24.7 Å². The molecule has 0 N–H and O–H groups in total. The lowest BCUT2D eigenvalue weighted by molar-refractivity contribution is -0.140. The van der Waals surface area contributed by atoms with Crippen molar-refractivity contribution in [3.8, 4) is 89.1 Å². The van der Waals surface area contributed by atoms with Crippen molar-refractivity contribution in [2.24, 2.45) is 0 Å². The molecule has 0 radical (unpaired) electrons. The van der Waals surface area contributed by atoms with Gasteiger partial charge in [-0.1, -0.05) is 76.2 Å². The summed E-state index contributed by atoms with van der Waals surface area (Å²) in [5.41, 5.74) is 13.2. The van der Waals surface area contributed by atoms with E-state index in [-0.39, 0.29) is 23.0 Å². The highest BCUT2D eigenvalue weighted by molar-refractivity contribution is 7.20. The van der Waals surface area contributed by atoms with E-state index in [2.05, 4.69) is 72.2 Å². The van der Waals surface area contributed by atoms with Gasteiger partial charge in [-0.25, -0.2) is 0 Å². The van der Waals surface area contributed by atoms with Gasteiger partial charge < -0.3 is 57.5 Å². The van der Waals surface area contributed by atoms with Gasteiger partial charge in [0.25, 0.3) is 0 Å². The Bertz CT molecular complexity index is 5270. The van der Waals surface area contributed by atoms with Crippen LogP contribution < -0.4 is 57.5 Å². The Hall–Kier alpha value is -12.9. The molecule has 0 bridgehead atoms. The number of ether oxygens (including phenoxy) is 8. The predicted molar refractivity (Wildman–Crippen MR) is 473 cm³/mol. The van der Waals surface area contributed by atoms with E-state index >= 15 is 0 Å². The molecule has 0 unspecified atom stereocenters. The van der Waals surface area contributed by atoms with E-state index in [0.29, 0.717) is 60.6 Å². The van der Waals surface area contributed by atoms with Gasteiger partial charge in [0, 0.05) is 89.1 Å². The van der Waals surface area contributed by atoms with Gasteiger partial charge in [0.2, 0.25) is 0 Å². The van der Waals surface area contributed by atoms with E-state index in [1.807, 2.05) is 169 Å². The summed E-state index contributed by atoms with van der Waals surface area (Å²) >= 11 is 1.55. The molecular weight excluding hydrogens is 1650 g/mol. The molecule has 0 saturated carbocycles. The molecule has 12 aromatic carbocycles. The number of hydrogen-bond donors (Lipinski definition) is 0. The molecule has 125 heavy (non-hydrogen) atoms. The average molecular weight is 1740 g/mol. The van der Waals surface area contributed by atoms with E-state index in [0.717, 1.165) is 126 Å². The van der Waals surface area contributed by atoms with Gasteiger partial charge in [-0.05, 0) is 291 Å². The van der Waals surface area contributed by atoms with Crippen LogP contribution >= 0.6 is 11.3 Å². The van der Waals surface area contributed by atoms with Gasteiger partial charge in [-0.3, -0.25) is 0 Å². The Morgan fingerprint density at radius 1 is 0.192 bits per heavy atom. The maximum Gasteiger partial charge on any atom is 0.392 e. The number of halogens is 12. The van der Waals surface area contributed by atoms with Crippen LogP contribution in [0.1, 0.15) is 79.1 Å². The van der Waals surface area contributed by atoms with E-state index in [1.165, 1.54) is 0 Å². The summed E-state index contributed by atoms with van der Waals surface area (Å²) < 4.78 is 207. The first-order valence-corrected chi connectivity index (χ1v) is 42.0. The van der Waals surface area contributed by atoms with E-state index in [1.54, 1.807) is 108 Å². The summed E-state index contributed by atoms with van der Waals surface area (Å²) in [7, 11) is 0. The minimum Gasteiger partial charge on any atom is -0.494 e. The fourth-order valence-electron chi connectivity index (χ4n) is 13.8. The number of thiophene rings is 1. The Labute approximate surface area is 722 Å². The lowest BCUT2D eigenvalue weighted by Crippen LogP contribution is -2.13. The zero-order valence-corrected chi connectivity index (χ0v) is 69.8. The molecule has 13 rings (SSSR count). The average Bonchev–Trinajstić information content (AvgIpc) is 1.60. The Balaban J connectivity index is 1.00. The maximum absolute atomic E-state index is 13.4. The normalized spacial score (nSPS) is 11.7. The summed E-state index contributed by atoms with van der Waals surface area (Å²) in [4.78, 5) is 9.74. The van der Waals surface area contributed by atoms with Gasteiger partial charge in [0.15, 0.2) is 0 Å². The molecular formula is C100H92F12N4O8S. The molecule has 25 heteroatoms. The molecule has 0 atom stereocenters. The maximum atomic E-state index is 13.4. The monoisotopic (exact) mass is 1740 g/mol. The van der Waals surface area contributed by atoms with Crippen molar-refractivity contribution in [1.82, 2.24) is 0 Å². The lowest BCUT2D eigenvalue weighted by Gasteiger charge is -2.27.